The predicted molar refractivity (Wildman–Crippen MR) is 131 cm³/mol. The first-order valence-electron chi connectivity index (χ1n) is 10.8. The number of halogens is 1. The van der Waals surface area contributed by atoms with Gasteiger partial charge in [-0.05, 0) is 68.4 Å². The summed E-state index contributed by atoms with van der Waals surface area (Å²) in [7, 11) is 1.52. The Kier molecular flexibility index (Phi) is 6.61. The molecule has 3 amide bonds. The molecule has 1 aliphatic heterocycles. The number of benzene rings is 2. The molecule has 176 valence electrons. The monoisotopic (exact) mass is 480 g/mol. The number of methoxy groups -OCH3 is 1. The molecule has 1 aliphatic rings. The summed E-state index contributed by atoms with van der Waals surface area (Å²) in [5.41, 5.74) is 6.23. The average Bonchev–Trinajstić information content (AvgIpc) is 3.36. The normalized spacial score (nSPS) is 15.4. The summed E-state index contributed by atoms with van der Waals surface area (Å²) in [5.74, 6) is -0.722. The molecule has 0 aliphatic carbocycles. The summed E-state index contributed by atoms with van der Waals surface area (Å²) in [6.07, 6.45) is 0.0809. The van der Waals surface area contributed by atoms with Crippen LogP contribution < -0.4 is 20.4 Å². The van der Waals surface area contributed by atoms with Crippen LogP contribution in [0.1, 0.15) is 28.2 Å². The molecule has 0 radical (unpaired) electrons. The van der Waals surface area contributed by atoms with Gasteiger partial charge in [0.1, 0.15) is 5.75 Å². The van der Waals surface area contributed by atoms with E-state index in [9.17, 15) is 14.4 Å². The first-order valence-corrected chi connectivity index (χ1v) is 11.2. The fraction of sp³-hybridized carbons (Fsp3) is 0.240. The predicted octanol–water partition coefficient (Wildman–Crippen LogP) is 4.14. The van der Waals surface area contributed by atoms with Crippen LogP contribution in [-0.2, 0) is 9.59 Å². The Labute approximate surface area is 202 Å². The van der Waals surface area contributed by atoms with Gasteiger partial charge in [-0.25, -0.2) is 0 Å². The lowest BCUT2D eigenvalue weighted by Gasteiger charge is -2.20. The molecule has 1 atom stereocenters. The second-order valence-corrected chi connectivity index (χ2v) is 8.62. The minimum Gasteiger partial charge on any atom is -0.495 e. The van der Waals surface area contributed by atoms with Gasteiger partial charge in [-0.15, -0.1) is 0 Å². The Morgan fingerprint density at radius 2 is 1.71 bits per heavy atom. The largest absolute Gasteiger partial charge is 0.495 e. The number of carbonyl (C=O) groups is 3. The van der Waals surface area contributed by atoms with E-state index in [-0.39, 0.29) is 30.7 Å². The molecule has 0 saturated carbocycles. The van der Waals surface area contributed by atoms with Gasteiger partial charge in [0, 0.05) is 40.6 Å². The highest BCUT2D eigenvalue weighted by Crippen LogP contribution is 2.35. The van der Waals surface area contributed by atoms with E-state index in [1.165, 1.54) is 12.0 Å². The summed E-state index contributed by atoms with van der Waals surface area (Å²) in [6.45, 7) is 4.03. The van der Waals surface area contributed by atoms with E-state index >= 15 is 0 Å². The fourth-order valence-electron chi connectivity index (χ4n) is 3.95. The third-order valence-electron chi connectivity index (χ3n) is 5.83. The third kappa shape index (κ3) is 4.77. The van der Waals surface area contributed by atoms with Crippen molar-refractivity contribution in [1.29, 1.82) is 0 Å². The molecule has 1 fully saturated rings. The maximum Gasteiger partial charge on any atom is 0.270 e. The second-order valence-electron chi connectivity index (χ2n) is 8.18. The molecule has 0 bridgehead atoms. The lowest BCUT2D eigenvalue weighted by molar-refractivity contribution is -0.122. The molecule has 2 N–H and O–H groups in total. The van der Waals surface area contributed by atoms with E-state index in [1.54, 1.807) is 47.1 Å². The van der Waals surface area contributed by atoms with Crippen molar-refractivity contribution in [1.82, 2.24) is 4.68 Å². The minimum absolute atomic E-state index is 0.0809. The molecule has 3 aromatic rings. The molecule has 2 heterocycles. The van der Waals surface area contributed by atoms with Gasteiger partial charge in [0.2, 0.25) is 11.8 Å². The van der Waals surface area contributed by atoms with Crippen molar-refractivity contribution in [3.63, 3.8) is 0 Å². The number of anilines is 2. The van der Waals surface area contributed by atoms with Gasteiger partial charge >= 0.3 is 0 Å². The highest BCUT2D eigenvalue weighted by Gasteiger charge is 2.36. The standard InChI is InChI=1S/C25H25ClN4O4/c1-15-4-5-16(2)30(15)28-25(33)17-6-9-20(10-7-17)27-24(32)18-12-23(31)29(14-18)21-13-19(26)8-11-22(21)34-3/h4-11,13,18H,12,14H2,1-3H3,(H,27,32)(H,28,33)/t18-/m0/s1. The van der Waals surface area contributed by atoms with E-state index in [1.807, 2.05) is 26.0 Å². The Morgan fingerprint density at radius 1 is 1.03 bits per heavy atom. The summed E-state index contributed by atoms with van der Waals surface area (Å²) in [6, 6.07) is 15.5. The second kappa shape index (κ2) is 9.61. The minimum atomic E-state index is -0.529. The van der Waals surface area contributed by atoms with Gasteiger partial charge in [0.25, 0.3) is 5.91 Å². The van der Waals surface area contributed by atoms with Gasteiger partial charge in [0.15, 0.2) is 0 Å². The van der Waals surface area contributed by atoms with E-state index in [0.29, 0.717) is 27.7 Å². The number of carbonyl (C=O) groups excluding carboxylic acids is 3. The fourth-order valence-corrected chi connectivity index (χ4v) is 4.12. The van der Waals surface area contributed by atoms with Crippen molar-refractivity contribution in [3.8, 4) is 5.75 Å². The van der Waals surface area contributed by atoms with Gasteiger partial charge < -0.3 is 15.0 Å². The molecule has 0 unspecified atom stereocenters. The van der Waals surface area contributed by atoms with Crippen molar-refractivity contribution in [3.05, 3.63) is 76.6 Å². The molecule has 8 nitrogen and oxygen atoms in total. The maximum atomic E-state index is 12.8. The van der Waals surface area contributed by atoms with Gasteiger partial charge in [-0.3, -0.25) is 24.5 Å². The number of aryl methyl sites for hydroxylation is 2. The van der Waals surface area contributed by atoms with Crippen molar-refractivity contribution < 1.29 is 19.1 Å². The van der Waals surface area contributed by atoms with Crippen molar-refractivity contribution >= 4 is 40.7 Å². The van der Waals surface area contributed by atoms with Crippen molar-refractivity contribution in [2.24, 2.45) is 5.92 Å². The topological polar surface area (TPSA) is 92.7 Å². The summed E-state index contributed by atoms with van der Waals surface area (Å²) >= 11 is 6.09. The molecule has 0 spiro atoms. The van der Waals surface area contributed by atoms with Gasteiger partial charge in [0.05, 0.1) is 18.7 Å². The first kappa shape index (κ1) is 23.4. The average molecular weight is 481 g/mol. The third-order valence-corrected chi connectivity index (χ3v) is 6.06. The van der Waals surface area contributed by atoms with Gasteiger partial charge in [-0.1, -0.05) is 11.6 Å². The van der Waals surface area contributed by atoms with Crippen LogP contribution in [0.5, 0.6) is 5.75 Å². The number of ether oxygens (including phenoxy) is 1. The number of nitrogens with one attached hydrogen (secondary N) is 2. The molecule has 9 heteroatoms. The molecular formula is C25H25ClN4O4. The molecule has 1 aromatic heterocycles. The van der Waals surface area contributed by atoms with Crippen LogP contribution in [0, 0.1) is 19.8 Å². The Morgan fingerprint density at radius 3 is 2.35 bits per heavy atom. The number of rotatable bonds is 6. The zero-order chi connectivity index (χ0) is 24.4. The summed E-state index contributed by atoms with van der Waals surface area (Å²) < 4.78 is 7.06. The van der Waals surface area contributed by atoms with Crippen molar-refractivity contribution in [2.75, 3.05) is 29.3 Å². The van der Waals surface area contributed by atoms with E-state index in [0.717, 1.165) is 11.4 Å². The van der Waals surface area contributed by atoms with Crippen LogP contribution in [-0.4, -0.2) is 36.1 Å². The van der Waals surface area contributed by atoms with Gasteiger partial charge in [-0.2, -0.15) is 0 Å². The number of hydrogen-bond acceptors (Lipinski definition) is 4. The Bertz CT molecular complexity index is 1230. The quantitative estimate of drug-likeness (QED) is 0.554. The number of nitrogens with zero attached hydrogens (tertiary/aromatic N) is 2. The number of aromatic nitrogens is 1. The zero-order valence-corrected chi connectivity index (χ0v) is 19.8. The summed E-state index contributed by atoms with van der Waals surface area (Å²) in [4.78, 5) is 39.5. The summed E-state index contributed by atoms with van der Waals surface area (Å²) in [5, 5.41) is 3.31. The molecule has 1 saturated heterocycles. The van der Waals surface area contributed by atoms with E-state index in [2.05, 4.69) is 10.7 Å². The van der Waals surface area contributed by atoms with Crippen LogP contribution in [0.4, 0.5) is 11.4 Å². The van der Waals surface area contributed by atoms with Crippen LogP contribution in [0.3, 0.4) is 0 Å². The Balaban J connectivity index is 1.40. The number of amides is 3. The van der Waals surface area contributed by atoms with Crippen LogP contribution in [0.25, 0.3) is 0 Å². The van der Waals surface area contributed by atoms with Crippen LogP contribution in [0.2, 0.25) is 5.02 Å². The lowest BCUT2D eigenvalue weighted by Crippen LogP contribution is -2.28. The van der Waals surface area contributed by atoms with Crippen LogP contribution in [0.15, 0.2) is 54.6 Å². The number of hydrogen-bond donors (Lipinski definition) is 2. The van der Waals surface area contributed by atoms with Crippen molar-refractivity contribution in [2.45, 2.75) is 20.3 Å². The molecule has 2 aromatic carbocycles. The first-order chi connectivity index (χ1) is 16.3. The maximum absolute atomic E-state index is 12.8. The smallest absolute Gasteiger partial charge is 0.270 e. The van der Waals surface area contributed by atoms with E-state index < -0.39 is 5.92 Å². The lowest BCUT2D eigenvalue weighted by atomic mass is 10.1. The molecule has 34 heavy (non-hydrogen) atoms. The highest BCUT2D eigenvalue weighted by molar-refractivity contribution is 6.31. The van der Waals surface area contributed by atoms with E-state index in [4.69, 9.17) is 16.3 Å². The molecule has 4 rings (SSSR count). The molecular weight excluding hydrogens is 456 g/mol. The zero-order valence-electron chi connectivity index (χ0n) is 19.1. The highest BCUT2D eigenvalue weighted by atomic mass is 35.5. The SMILES string of the molecule is COc1ccc(Cl)cc1N1C[C@@H](C(=O)Nc2ccc(C(=O)Nn3c(C)ccc3C)cc2)CC1=O. The van der Waals surface area contributed by atoms with Crippen LogP contribution >= 0.6 is 11.6 Å². The Hall–Kier alpha value is -3.78.